The zero-order valence-electron chi connectivity index (χ0n) is 29.7. The number of benzene rings is 2. The molecule has 2 amide bonds. The number of phenolic OH excluding ortho intramolecular Hbond substituents is 1. The van der Waals surface area contributed by atoms with E-state index in [1.165, 1.54) is 37.7 Å². The van der Waals surface area contributed by atoms with Gasteiger partial charge in [0.1, 0.15) is 23.3 Å². The highest BCUT2D eigenvalue weighted by molar-refractivity contribution is 6.01. The molecule has 2 aliphatic heterocycles. The van der Waals surface area contributed by atoms with Gasteiger partial charge in [0, 0.05) is 49.0 Å². The average molecular weight is 700 g/mol. The van der Waals surface area contributed by atoms with Gasteiger partial charge in [0.2, 0.25) is 11.8 Å². The Labute approximate surface area is 300 Å². The van der Waals surface area contributed by atoms with Gasteiger partial charge in [-0.1, -0.05) is 49.6 Å². The summed E-state index contributed by atoms with van der Waals surface area (Å²) in [4.78, 5) is 29.6. The molecule has 2 aromatic carbocycles. The van der Waals surface area contributed by atoms with Gasteiger partial charge in [-0.25, -0.2) is 4.68 Å². The van der Waals surface area contributed by atoms with E-state index in [1.807, 2.05) is 24.4 Å². The second kappa shape index (κ2) is 17.3. The minimum atomic E-state index is -0.184. The fourth-order valence-electron chi connectivity index (χ4n) is 7.27. The third-order valence-corrected chi connectivity index (χ3v) is 10.2. The molecule has 3 heterocycles. The molecule has 2 fully saturated rings. The second-order valence-corrected chi connectivity index (χ2v) is 13.5. The number of aromatic hydroxyl groups is 1. The summed E-state index contributed by atoms with van der Waals surface area (Å²) < 4.78 is 1.58. The van der Waals surface area contributed by atoms with E-state index in [9.17, 15) is 19.8 Å². The van der Waals surface area contributed by atoms with Crippen LogP contribution in [0.5, 0.6) is 5.75 Å². The quantitative estimate of drug-likeness (QED) is 0.127. The molecular weight excluding hydrogens is 646 g/mol. The van der Waals surface area contributed by atoms with Crippen LogP contribution in [0.3, 0.4) is 0 Å². The Morgan fingerprint density at radius 1 is 1.04 bits per heavy atom. The van der Waals surface area contributed by atoms with Crippen molar-refractivity contribution < 1.29 is 19.8 Å². The molecule has 13 nitrogen and oxygen atoms in total. The molecule has 6 rings (SSSR count). The molecule has 0 bridgehead atoms. The maximum atomic E-state index is 11.8. The van der Waals surface area contributed by atoms with E-state index in [-0.39, 0.29) is 42.1 Å². The fourth-order valence-corrected chi connectivity index (χ4v) is 7.27. The predicted molar refractivity (Wildman–Crippen MR) is 201 cm³/mol. The molecule has 13 heteroatoms. The van der Waals surface area contributed by atoms with Gasteiger partial charge in [0.05, 0.1) is 30.7 Å². The van der Waals surface area contributed by atoms with Crippen molar-refractivity contribution in [1.29, 1.82) is 0 Å². The van der Waals surface area contributed by atoms with Crippen LogP contribution in [-0.2, 0) is 16.0 Å². The Morgan fingerprint density at radius 3 is 2.45 bits per heavy atom. The lowest BCUT2D eigenvalue weighted by Gasteiger charge is -2.38. The molecule has 1 saturated carbocycles. The average Bonchev–Trinajstić information content (AvgIpc) is 3.80. The van der Waals surface area contributed by atoms with Crippen molar-refractivity contribution >= 4 is 34.6 Å². The summed E-state index contributed by atoms with van der Waals surface area (Å²) >= 11 is 0. The molecule has 2 atom stereocenters. The van der Waals surface area contributed by atoms with Crippen LogP contribution in [0.15, 0.2) is 72.8 Å². The smallest absolute Gasteiger partial charge is 0.249 e. The monoisotopic (exact) mass is 699 g/mol. The lowest BCUT2D eigenvalue weighted by Crippen LogP contribution is -2.52. The van der Waals surface area contributed by atoms with Crippen LogP contribution in [0.1, 0.15) is 63.0 Å². The number of aliphatic hydroxyl groups excluding tert-OH is 1. The number of rotatable bonds is 11. The Morgan fingerprint density at radius 2 is 1.76 bits per heavy atom. The summed E-state index contributed by atoms with van der Waals surface area (Å²) in [5, 5.41) is 27.1. The summed E-state index contributed by atoms with van der Waals surface area (Å²) in [7, 11) is 2.12. The first-order chi connectivity index (χ1) is 24.6. The first-order valence-corrected chi connectivity index (χ1v) is 17.9. The van der Waals surface area contributed by atoms with Crippen molar-refractivity contribution in [3.63, 3.8) is 0 Å². The molecular formula is C38H53N9O4. The van der Waals surface area contributed by atoms with Crippen LogP contribution in [0, 0.1) is 0 Å². The fraction of sp³-hybridized carbons (Fsp3) is 0.447. The number of fused-ring (bicyclic) bond motifs is 1. The van der Waals surface area contributed by atoms with Gasteiger partial charge < -0.3 is 37.2 Å². The van der Waals surface area contributed by atoms with Crippen LogP contribution in [-0.4, -0.2) is 88.1 Å². The number of nitrogens with two attached hydrogens (primary N) is 3. The third-order valence-electron chi connectivity index (χ3n) is 10.2. The first kappa shape index (κ1) is 37.3. The summed E-state index contributed by atoms with van der Waals surface area (Å²) in [6.45, 7) is 4.48. The number of carbonyl (C=O) groups excluding carboxylic acids is 2. The van der Waals surface area contributed by atoms with Crippen molar-refractivity contribution in [2.75, 3.05) is 43.1 Å². The Balaban J connectivity index is 0.000000245. The number of imide groups is 1. The van der Waals surface area contributed by atoms with E-state index in [4.69, 9.17) is 17.2 Å². The second-order valence-electron chi connectivity index (χ2n) is 13.5. The number of aliphatic hydroxyl groups is 1. The minimum absolute atomic E-state index is 0.0255. The maximum absolute atomic E-state index is 11.8. The molecule has 2 unspecified atom stereocenters. The van der Waals surface area contributed by atoms with Crippen molar-refractivity contribution in [2.24, 2.45) is 17.2 Å². The lowest BCUT2D eigenvalue weighted by molar-refractivity contribution is -0.134. The molecule has 9 N–H and O–H groups in total. The molecule has 3 aliphatic rings. The Hall–Kier alpha value is -5.01. The van der Waals surface area contributed by atoms with Gasteiger partial charge in [-0.15, -0.1) is 0 Å². The first-order valence-electron chi connectivity index (χ1n) is 17.9. The van der Waals surface area contributed by atoms with Crippen LogP contribution >= 0.6 is 0 Å². The predicted octanol–water partition coefficient (Wildman–Crippen LogP) is 2.94. The number of para-hydroxylation sites is 2. The number of nitrogens with zero attached hydrogens (tertiary/aromatic N) is 5. The van der Waals surface area contributed by atoms with Gasteiger partial charge in [0.25, 0.3) is 0 Å². The molecule has 1 saturated heterocycles. The summed E-state index contributed by atoms with van der Waals surface area (Å²) in [5.41, 5.74) is 22.7. The number of hydrogen-bond donors (Lipinski definition) is 6. The SMILES string of the molecule is CCN(CC(CO)N(C)C1CCCCC1)c1cnn(C(/C=C(\N)c2ccccc2O)=C(N)N)c1.O=C1CCC(N2CCc3ccccc32)C(=O)N1. The maximum Gasteiger partial charge on any atom is 0.249 e. The van der Waals surface area contributed by atoms with Crippen molar-refractivity contribution in [3.05, 3.63) is 83.9 Å². The number of phenols is 1. The normalized spacial score (nSPS) is 18.5. The van der Waals surface area contributed by atoms with Gasteiger partial charge in [0.15, 0.2) is 0 Å². The zero-order valence-corrected chi connectivity index (χ0v) is 29.7. The highest BCUT2D eigenvalue weighted by Crippen LogP contribution is 2.31. The highest BCUT2D eigenvalue weighted by Gasteiger charge is 2.34. The van der Waals surface area contributed by atoms with E-state index in [0.717, 1.165) is 30.9 Å². The molecule has 3 aromatic rings. The van der Waals surface area contributed by atoms with Crippen molar-refractivity contribution in [1.82, 2.24) is 20.0 Å². The van der Waals surface area contributed by atoms with Crippen LogP contribution in [0.25, 0.3) is 11.4 Å². The standard InChI is InChI=1S/C25H39N7O2.C13H14N2O2/c1-3-31(15-20(17-33)30(2)18-9-5-4-6-10-18)19-14-29-32(16-19)23(25(27)28)13-22(26)21-11-7-8-12-24(21)34;16-12-6-5-11(13(17)14-12)15-8-7-9-3-1-2-4-10(9)15/h7-8,11-14,16,18,20,33-34H,3-6,9-10,15,17,26-28H2,1-2H3;1-4,11H,5-8H2,(H,14,16,17)/b22-13-;. The molecule has 1 aromatic heterocycles. The van der Waals surface area contributed by atoms with E-state index < -0.39 is 0 Å². The lowest BCUT2D eigenvalue weighted by atomic mass is 9.93. The zero-order chi connectivity index (χ0) is 36.5. The van der Waals surface area contributed by atoms with Crippen LogP contribution in [0.2, 0.25) is 0 Å². The summed E-state index contributed by atoms with van der Waals surface area (Å²) in [6.07, 6.45) is 13.4. The number of amides is 2. The topological polar surface area (TPSA) is 192 Å². The third kappa shape index (κ3) is 9.02. The van der Waals surface area contributed by atoms with E-state index >= 15 is 0 Å². The summed E-state index contributed by atoms with van der Waals surface area (Å²) in [6, 6.07) is 15.3. The van der Waals surface area contributed by atoms with Crippen molar-refractivity contribution in [3.8, 4) is 5.75 Å². The Bertz CT molecular complexity index is 1710. The number of anilines is 2. The van der Waals surface area contributed by atoms with E-state index in [0.29, 0.717) is 42.4 Å². The van der Waals surface area contributed by atoms with E-state index in [1.54, 1.807) is 41.2 Å². The molecule has 0 spiro atoms. The number of nitrogens with one attached hydrogen (secondary N) is 1. The van der Waals surface area contributed by atoms with Crippen LogP contribution < -0.4 is 32.3 Å². The molecule has 51 heavy (non-hydrogen) atoms. The molecule has 0 radical (unpaired) electrons. The number of aromatic nitrogens is 2. The number of piperidine rings is 1. The van der Waals surface area contributed by atoms with Crippen molar-refractivity contribution in [2.45, 2.75) is 76.4 Å². The van der Waals surface area contributed by atoms with Gasteiger partial charge in [-0.05, 0) is 69.5 Å². The molecule has 274 valence electrons. The van der Waals surface area contributed by atoms with Gasteiger partial charge in [-0.2, -0.15) is 5.10 Å². The van der Waals surface area contributed by atoms with E-state index in [2.05, 4.69) is 45.2 Å². The number of carbonyl (C=O) groups is 2. The number of allylic oxidation sites excluding steroid dienone is 2. The summed E-state index contributed by atoms with van der Waals surface area (Å²) in [5.74, 6) is -0.181. The van der Waals surface area contributed by atoms with Gasteiger partial charge >= 0.3 is 0 Å². The largest absolute Gasteiger partial charge is 0.507 e. The molecule has 1 aliphatic carbocycles. The minimum Gasteiger partial charge on any atom is -0.507 e. The van der Waals surface area contributed by atoms with Gasteiger partial charge in [-0.3, -0.25) is 19.8 Å². The highest BCUT2D eigenvalue weighted by atomic mass is 16.3. The number of likely N-dealkylation sites (N-methyl/N-ethyl adjacent to an activating group) is 2. The Kier molecular flexibility index (Phi) is 12.6. The van der Waals surface area contributed by atoms with Crippen LogP contribution in [0.4, 0.5) is 11.4 Å². The number of hydrogen-bond acceptors (Lipinski definition) is 11.